The molecular formula is C15H23N3O3. The average Bonchev–Trinajstić information content (AvgIpc) is 2.94. The molecule has 0 radical (unpaired) electrons. The van der Waals surface area contributed by atoms with Crippen LogP contribution < -0.4 is 0 Å². The number of aromatic nitrogens is 2. The van der Waals surface area contributed by atoms with E-state index in [1.165, 1.54) is 0 Å². The molecule has 1 aliphatic heterocycles. The fourth-order valence-corrected chi connectivity index (χ4v) is 2.63. The highest BCUT2D eigenvalue weighted by Gasteiger charge is 2.38. The van der Waals surface area contributed by atoms with Crippen molar-refractivity contribution in [2.45, 2.75) is 59.1 Å². The molecule has 2 heterocycles. The van der Waals surface area contributed by atoms with Gasteiger partial charge in [0.05, 0.1) is 11.3 Å². The molecule has 1 aromatic rings. The van der Waals surface area contributed by atoms with Crippen LogP contribution in [0.25, 0.3) is 0 Å². The number of esters is 1. The van der Waals surface area contributed by atoms with E-state index in [0.717, 1.165) is 12.1 Å². The van der Waals surface area contributed by atoms with Crippen molar-refractivity contribution in [2.75, 3.05) is 6.54 Å². The number of ether oxygens (including phenoxy) is 1. The van der Waals surface area contributed by atoms with Gasteiger partial charge in [-0.3, -0.25) is 9.89 Å². The number of nitrogens with one attached hydrogen (secondary N) is 1. The predicted octanol–water partition coefficient (Wildman–Crippen LogP) is 1.97. The van der Waals surface area contributed by atoms with Crippen molar-refractivity contribution >= 4 is 11.9 Å². The SMILES string of the molecule is Cc1n[nH]c(C)c1C(=O)N1CCC[C@H]1C(=O)OC(C)(C)C. The van der Waals surface area contributed by atoms with E-state index in [4.69, 9.17) is 4.74 Å². The summed E-state index contributed by atoms with van der Waals surface area (Å²) < 4.78 is 5.42. The summed E-state index contributed by atoms with van der Waals surface area (Å²) in [7, 11) is 0. The molecule has 1 fully saturated rings. The Balaban J connectivity index is 2.19. The molecule has 6 heteroatoms. The van der Waals surface area contributed by atoms with E-state index in [1.807, 2.05) is 27.7 Å². The third-order valence-electron chi connectivity index (χ3n) is 3.53. The van der Waals surface area contributed by atoms with Gasteiger partial charge >= 0.3 is 5.97 Å². The average molecular weight is 293 g/mol. The minimum atomic E-state index is -0.546. The molecule has 0 bridgehead atoms. The third kappa shape index (κ3) is 3.25. The van der Waals surface area contributed by atoms with Crippen molar-refractivity contribution in [3.05, 3.63) is 17.0 Å². The second kappa shape index (κ2) is 5.50. The summed E-state index contributed by atoms with van der Waals surface area (Å²) in [5, 5.41) is 6.86. The predicted molar refractivity (Wildman–Crippen MR) is 78.0 cm³/mol. The molecule has 0 unspecified atom stereocenters. The van der Waals surface area contributed by atoms with Crippen molar-refractivity contribution in [3.8, 4) is 0 Å². The van der Waals surface area contributed by atoms with Gasteiger partial charge in [-0.05, 0) is 47.5 Å². The Morgan fingerprint density at radius 1 is 1.33 bits per heavy atom. The number of carbonyl (C=O) groups excluding carboxylic acids is 2. The van der Waals surface area contributed by atoms with Gasteiger partial charge < -0.3 is 9.64 Å². The van der Waals surface area contributed by atoms with Crippen LogP contribution >= 0.6 is 0 Å². The van der Waals surface area contributed by atoms with Gasteiger partial charge in [0, 0.05) is 12.2 Å². The third-order valence-corrected chi connectivity index (χ3v) is 3.53. The van der Waals surface area contributed by atoms with Crippen molar-refractivity contribution < 1.29 is 14.3 Å². The number of H-pyrrole nitrogens is 1. The van der Waals surface area contributed by atoms with E-state index in [2.05, 4.69) is 10.2 Å². The Hall–Kier alpha value is -1.85. The van der Waals surface area contributed by atoms with Crippen molar-refractivity contribution in [3.63, 3.8) is 0 Å². The first-order chi connectivity index (χ1) is 9.70. The van der Waals surface area contributed by atoms with Gasteiger partial charge in [-0.25, -0.2) is 4.79 Å². The Labute approximate surface area is 124 Å². The Morgan fingerprint density at radius 3 is 2.52 bits per heavy atom. The van der Waals surface area contributed by atoms with Crippen LogP contribution in [0, 0.1) is 13.8 Å². The van der Waals surface area contributed by atoms with Gasteiger partial charge in [-0.15, -0.1) is 0 Å². The number of hydrogen-bond acceptors (Lipinski definition) is 4. The number of amides is 1. The van der Waals surface area contributed by atoms with E-state index >= 15 is 0 Å². The zero-order valence-corrected chi connectivity index (χ0v) is 13.3. The maximum absolute atomic E-state index is 12.7. The highest BCUT2D eigenvalue weighted by molar-refractivity contribution is 5.98. The summed E-state index contributed by atoms with van der Waals surface area (Å²) in [6.45, 7) is 9.66. The molecule has 1 N–H and O–H groups in total. The monoisotopic (exact) mass is 293 g/mol. The van der Waals surface area contributed by atoms with E-state index in [9.17, 15) is 9.59 Å². The smallest absolute Gasteiger partial charge is 0.329 e. The molecule has 116 valence electrons. The zero-order valence-electron chi connectivity index (χ0n) is 13.3. The fourth-order valence-electron chi connectivity index (χ4n) is 2.63. The number of likely N-dealkylation sites (tertiary alicyclic amines) is 1. The molecule has 0 aliphatic carbocycles. The van der Waals surface area contributed by atoms with E-state index in [1.54, 1.807) is 11.8 Å². The minimum Gasteiger partial charge on any atom is -0.458 e. The van der Waals surface area contributed by atoms with Gasteiger partial charge in [0.1, 0.15) is 11.6 Å². The van der Waals surface area contributed by atoms with Gasteiger partial charge in [0.15, 0.2) is 0 Å². The summed E-state index contributed by atoms with van der Waals surface area (Å²) >= 11 is 0. The maximum atomic E-state index is 12.7. The molecule has 1 aliphatic rings. The highest BCUT2D eigenvalue weighted by Crippen LogP contribution is 2.24. The Kier molecular flexibility index (Phi) is 4.07. The van der Waals surface area contributed by atoms with Gasteiger partial charge in [0.25, 0.3) is 5.91 Å². The van der Waals surface area contributed by atoms with Crippen molar-refractivity contribution in [1.29, 1.82) is 0 Å². The van der Waals surface area contributed by atoms with Crippen LogP contribution in [-0.2, 0) is 9.53 Å². The van der Waals surface area contributed by atoms with Crippen LogP contribution in [0.3, 0.4) is 0 Å². The molecule has 2 rings (SSSR count). The van der Waals surface area contributed by atoms with Crippen LogP contribution in [0.2, 0.25) is 0 Å². The molecule has 6 nitrogen and oxygen atoms in total. The Bertz CT molecular complexity index is 538. The first-order valence-corrected chi connectivity index (χ1v) is 7.26. The topological polar surface area (TPSA) is 75.3 Å². The van der Waals surface area contributed by atoms with Crippen LogP contribution in [0.15, 0.2) is 0 Å². The second-order valence-corrected chi connectivity index (χ2v) is 6.50. The van der Waals surface area contributed by atoms with Crippen molar-refractivity contribution in [2.24, 2.45) is 0 Å². The molecule has 0 aromatic carbocycles. The molecule has 21 heavy (non-hydrogen) atoms. The second-order valence-electron chi connectivity index (χ2n) is 6.50. The lowest BCUT2D eigenvalue weighted by Gasteiger charge is -2.27. The summed E-state index contributed by atoms with van der Waals surface area (Å²) in [5.41, 5.74) is 1.40. The zero-order chi connectivity index (χ0) is 15.8. The first kappa shape index (κ1) is 15.5. The van der Waals surface area contributed by atoms with Gasteiger partial charge in [-0.2, -0.15) is 5.10 Å². The molecule has 1 aromatic heterocycles. The van der Waals surface area contributed by atoms with Crippen LogP contribution in [0.5, 0.6) is 0 Å². The van der Waals surface area contributed by atoms with Crippen molar-refractivity contribution in [1.82, 2.24) is 15.1 Å². The lowest BCUT2D eigenvalue weighted by molar-refractivity contribution is -0.159. The van der Waals surface area contributed by atoms with Crippen LogP contribution in [0.4, 0.5) is 0 Å². The molecule has 1 amide bonds. The molecule has 1 saturated heterocycles. The van der Waals surface area contributed by atoms with E-state index < -0.39 is 11.6 Å². The molecular weight excluding hydrogens is 270 g/mol. The maximum Gasteiger partial charge on any atom is 0.329 e. The number of nitrogens with zero attached hydrogens (tertiary/aromatic N) is 2. The number of carbonyl (C=O) groups is 2. The number of rotatable bonds is 2. The largest absolute Gasteiger partial charge is 0.458 e. The summed E-state index contributed by atoms with van der Waals surface area (Å²) in [6.07, 6.45) is 1.46. The highest BCUT2D eigenvalue weighted by atomic mass is 16.6. The minimum absolute atomic E-state index is 0.146. The summed E-state index contributed by atoms with van der Waals surface area (Å²) in [6, 6.07) is -0.495. The molecule has 0 saturated carbocycles. The Morgan fingerprint density at radius 2 is 2.00 bits per heavy atom. The van der Waals surface area contributed by atoms with Gasteiger partial charge in [0.2, 0.25) is 0 Å². The lowest BCUT2D eigenvalue weighted by atomic mass is 10.1. The summed E-state index contributed by atoms with van der Waals surface area (Å²) in [4.78, 5) is 26.6. The number of hydrogen-bond donors (Lipinski definition) is 1. The van der Waals surface area contributed by atoms with Gasteiger partial charge in [-0.1, -0.05) is 0 Å². The number of aromatic amines is 1. The standard InChI is InChI=1S/C15H23N3O3/c1-9-12(10(2)17-16-9)13(19)18-8-6-7-11(18)14(20)21-15(3,4)5/h11H,6-8H2,1-5H3,(H,16,17)/t11-/m0/s1. The summed E-state index contributed by atoms with van der Waals surface area (Å²) in [5.74, 6) is -0.473. The normalized spacial score (nSPS) is 18.9. The van der Waals surface area contributed by atoms with E-state index in [0.29, 0.717) is 24.2 Å². The quantitative estimate of drug-likeness (QED) is 0.846. The van der Waals surface area contributed by atoms with Crippen LogP contribution in [0.1, 0.15) is 55.4 Å². The lowest BCUT2D eigenvalue weighted by Crippen LogP contribution is -2.43. The number of aryl methyl sites for hydroxylation is 2. The van der Waals surface area contributed by atoms with Crippen LogP contribution in [-0.4, -0.2) is 45.2 Å². The first-order valence-electron chi connectivity index (χ1n) is 7.26. The molecule has 1 atom stereocenters. The van der Waals surface area contributed by atoms with E-state index in [-0.39, 0.29) is 11.9 Å². The molecule has 0 spiro atoms. The fraction of sp³-hybridized carbons (Fsp3) is 0.667.